The Balaban J connectivity index is 2.02. The summed E-state index contributed by atoms with van der Waals surface area (Å²) < 4.78 is 17.6. The minimum Gasteiger partial charge on any atom is -0.456 e. The number of rotatable bonds is 7. The highest BCUT2D eigenvalue weighted by Gasteiger charge is 2.39. The third-order valence-electron chi connectivity index (χ3n) is 5.27. The lowest BCUT2D eigenvalue weighted by atomic mass is 9.87. The van der Waals surface area contributed by atoms with Gasteiger partial charge in [-0.2, -0.15) is 0 Å². The van der Waals surface area contributed by atoms with Gasteiger partial charge in [0.05, 0.1) is 18.5 Å². The first-order valence-corrected chi connectivity index (χ1v) is 11.4. The van der Waals surface area contributed by atoms with Crippen molar-refractivity contribution in [3.8, 4) is 0 Å². The molecule has 4 nitrogen and oxygen atoms in total. The van der Waals surface area contributed by atoms with Gasteiger partial charge in [-0.15, -0.1) is 11.8 Å². The third-order valence-corrected chi connectivity index (χ3v) is 6.83. The minimum absolute atomic E-state index is 0.00141. The summed E-state index contributed by atoms with van der Waals surface area (Å²) in [6, 6.07) is 18.4. The van der Waals surface area contributed by atoms with Gasteiger partial charge in [0, 0.05) is 17.7 Å². The lowest BCUT2D eigenvalue weighted by Crippen LogP contribution is -2.34. The molecule has 0 N–H and O–H groups in total. The summed E-state index contributed by atoms with van der Waals surface area (Å²) in [5.74, 6) is -0.283. The van der Waals surface area contributed by atoms with Crippen molar-refractivity contribution in [2.24, 2.45) is 5.92 Å². The molecule has 30 heavy (non-hydrogen) atoms. The average Bonchev–Trinajstić information content (AvgIpc) is 3.25. The molecular weight excluding hydrogens is 396 g/mol. The molecule has 1 saturated heterocycles. The number of benzene rings is 2. The van der Waals surface area contributed by atoms with Crippen molar-refractivity contribution in [3.05, 3.63) is 65.7 Å². The van der Waals surface area contributed by atoms with Crippen LogP contribution in [0.3, 0.4) is 0 Å². The van der Waals surface area contributed by atoms with E-state index in [1.54, 1.807) is 11.8 Å². The molecule has 0 saturated carbocycles. The Kier molecular flexibility index (Phi) is 7.61. The van der Waals surface area contributed by atoms with Gasteiger partial charge in [0.15, 0.2) is 6.29 Å². The third kappa shape index (κ3) is 5.65. The van der Waals surface area contributed by atoms with Crippen LogP contribution in [0.4, 0.5) is 0 Å². The van der Waals surface area contributed by atoms with Crippen LogP contribution < -0.4 is 0 Å². The zero-order valence-electron chi connectivity index (χ0n) is 18.5. The van der Waals surface area contributed by atoms with Crippen molar-refractivity contribution >= 4 is 17.7 Å². The van der Waals surface area contributed by atoms with Crippen LogP contribution in [0.1, 0.15) is 51.8 Å². The van der Waals surface area contributed by atoms with Crippen LogP contribution in [-0.2, 0) is 24.4 Å². The van der Waals surface area contributed by atoms with Crippen LogP contribution in [0.2, 0.25) is 0 Å². The lowest BCUT2D eigenvalue weighted by Gasteiger charge is -2.34. The van der Waals surface area contributed by atoms with Crippen molar-refractivity contribution in [1.82, 2.24) is 0 Å². The summed E-state index contributed by atoms with van der Waals surface area (Å²) >= 11 is 1.74. The minimum atomic E-state index is -0.412. The lowest BCUT2D eigenvalue weighted by molar-refractivity contribution is -0.149. The molecule has 2 aromatic rings. The number of ether oxygens (including phenoxy) is 3. The molecule has 3 atom stereocenters. The van der Waals surface area contributed by atoms with E-state index >= 15 is 0 Å². The first kappa shape index (κ1) is 22.9. The summed E-state index contributed by atoms with van der Waals surface area (Å²) in [6.07, 6.45) is -0.726. The summed E-state index contributed by atoms with van der Waals surface area (Å²) in [4.78, 5) is 13.2. The van der Waals surface area contributed by atoms with E-state index in [0.29, 0.717) is 13.2 Å². The smallest absolute Gasteiger partial charge is 0.303 e. The second-order valence-corrected chi connectivity index (χ2v) is 9.96. The van der Waals surface area contributed by atoms with Crippen molar-refractivity contribution in [3.63, 3.8) is 0 Å². The molecule has 162 valence electrons. The topological polar surface area (TPSA) is 44.8 Å². The van der Waals surface area contributed by atoms with Crippen LogP contribution >= 0.6 is 11.8 Å². The molecule has 5 heteroatoms. The molecule has 3 unspecified atom stereocenters. The Labute approximate surface area is 184 Å². The highest BCUT2D eigenvalue weighted by atomic mass is 32.2. The fourth-order valence-corrected chi connectivity index (χ4v) is 5.39. The first-order valence-electron chi connectivity index (χ1n) is 10.5. The Morgan fingerprint density at radius 3 is 2.23 bits per heavy atom. The fourth-order valence-electron chi connectivity index (χ4n) is 3.76. The van der Waals surface area contributed by atoms with Crippen molar-refractivity contribution in [1.29, 1.82) is 0 Å². The predicted molar refractivity (Wildman–Crippen MR) is 121 cm³/mol. The largest absolute Gasteiger partial charge is 0.456 e. The molecule has 0 spiro atoms. The summed E-state index contributed by atoms with van der Waals surface area (Å²) in [7, 11) is 0. The number of hydrogen-bond acceptors (Lipinski definition) is 5. The van der Waals surface area contributed by atoms with Crippen LogP contribution in [0.5, 0.6) is 0 Å². The first-order chi connectivity index (χ1) is 14.3. The Hall–Kier alpha value is -1.82. The van der Waals surface area contributed by atoms with E-state index in [1.165, 1.54) is 17.4 Å². The van der Waals surface area contributed by atoms with Gasteiger partial charge < -0.3 is 14.2 Å². The van der Waals surface area contributed by atoms with Crippen molar-refractivity contribution in [2.45, 2.75) is 62.6 Å². The number of thioether (sulfide) groups is 1. The van der Waals surface area contributed by atoms with E-state index in [0.717, 1.165) is 5.56 Å². The van der Waals surface area contributed by atoms with Crippen LogP contribution in [0.25, 0.3) is 0 Å². The van der Waals surface area contributed by atoms with Gasteiger partial charge in [-0.1, -0.05) is 76.2 Å². The summed E-state index contributed by atoms with van der Waals surface area (Å²) in [5, 5.41) is -0.0806. The summed E-state index contributed by atoms with van der Waals surface area (Å²) in [5.41, 5.74) is 2.25. The van der Waals surface area contributed by atoms with E-state index in [1.807, 2.05) is 30.3 Å². The van der Waals surface area contributed by atoms with E-state index < -0.39 is 6.10 Å². The van der Waals surface area contributed by atoms with Gasteiger partial charge >= 0.3 is 5.97 Å². The van der Waals surface area contributed by atoms with Gasteiger partial charge in [0.2, 0.25) is 0 Å². The molecule has 0 amide bonds. The zero-order valence-corrected chi connectivity index (χ0v) is 19.3. The molecule has 1 aliphatic rings. The molecule has 3 rings (SSSR count). The normalized spacial score (nSPS) is 18.0. The highest BCUT2D eigenvalue weighted by Crippen LogP contribution is 2.44. The molecule has 1 fully saturated rings. The Bertz CT molecular complexity index is 825. The maximum absolute atomic E-state index is 12.1. The van der Waals surface area contributed by atoms with E-state index in [2.05, 4.69) is 52.0 Å². The molecule has 2 aromatic carbocycles. The van der Waals surface area contributed by atoms with Crippen LogP contribution in [0.15, 0.2) is 59.5 Å². The maximum Gasteiger partial charge on any atom is 0.303 e. The Morgan fingerprint density at radius 2 is 1.63 bits per heavy atom. The van der Waals surface area contributed by atoms with Gasteiger partial charge in [-0.05, 0) is 22.6 Å². The van der Waals surface area contributed by atoms with Crippen molar-refractivity contribution < 1.29 is 19.0 Å². The SMILES string of the molecule is CC(=O)OC(c1ccccc1)C(Sc1ccccc1C(C)(C)C)C(C)C1OCCO1. The quantitative estimate of drug-likeness (QED) is 0.414. The van der Waals surface area contributed by atoms with E-state index in [-0.39, 0.29) is 28.8 Å². The maximum atomic E-state index is 12.1. The van der Waals surface area contributed by atoms with Gasteiger partial charge in [-0.3, -0.25) is 4.79 Å². The molecule has 0 radical (unpaired) electrons. The molecule has 0 bridgehead atoms. The second-order valence-electron chi connectivity index (χ2n) is 8.74. The van der Waals surface area contributed by atoms with Gasteiger partial charge in [0.1, 0.15) is 6.10 Å². The number of hydrogen-bond donors (Lipinski definition) is 0. The monoisotopic (exact) mass is 428 g/mol. The zero-order chi connectivity index (χ0) is 21.7. The van der Waals surface area contributed by atoms with Gasteiger partial charge in [0.25, 0.3) is 0 Å². The van der Waals surface area contributed by atoms with Crippen LogP contribution in [0, 0.1) is 5.92 Å². The average molecular weight is 429 g/mol. The second kappa shape index (κ2) is 9.99. The standard InChI is InChI=1S/C25H32O4S/c1-17(24-27-15-16-28-24)23(22(29-18(2)26)19-11-7-6-8-12-19)30-21-14-10-9-13-20(21)25(3,4)5/h6-14,17,22-24H,15-16H2,1-5H3. The van der Waals surface area contributed by atoms with Crippen LogP contribution in [-0.4, -0.2) is 30.7 Å². The summed E-state index contributed by atoms with van der Waals surface area (Å²) in [6.45, 7) is 11.4. The molecule has 0 aliphatic carbocycles. The van der Waals surface area contributed by atoms with Gasteiger partial charge in [-0.25, -0.2) is 0 Å². The van der Waals surface area contributed by atoms with E-state index in [9.17, 15) is 4.79 Å². The molecular formula is C25H32O4S. The molecule has 0 aromatic heterocycles. The van der Waals surface area contributed by atoms with Crippen molar-refractivity contribution in [2.75, 3.05) is 13.2 Å². The molecule has 1 heterocycles. The number of carbonyl (C=O) groups excluding carboxylic acids is 1. The fraction of sp³-hybridized carbons (Fsp3) is 0.480. The number of esters is 1. The van der Waals surface area contributed by atoms with E-state index in [4.69, 9.17) is 14.2 Å². The Morgan fingerprint density at radius 1 is 1.03 bits per heavy atom. The highest BCUT2D eigenvalue weighted by molar-refractivity contribution is 8.00. The molecule has 1 aliphatic heterocycles. The number of carbonyl (C=O) groups is 1. The predicted octanol–water partition coefficient (Wildman–Crippen LogP) is 5.76.